The molecule has 0 saturated carbocycles. The van der Waals surface area contributed by atoms with Crippen LogP contribution in [-0.2, 0) is 17.8 Å². The van der Waals surface area contributed by atoms with Crippen molar-refractivity contribution < 1.29 is 14.7 Å². The first-order chi connectivity index (χ1) is 8.95. The van der Waals surface area contributed by atoms with E-state index in [0.29, 0.717) is 18.7 Å². The zero-order chi connectivity index (χ0) is 14.4. The fraction of sp³-hybridized carbons (Fsp3) is 0.667. The molecular formula is C12H20N4O3. The topological polar surface area (TPSA) is 97.1 Å². The summed E-state index contributed by atoms with van der Waals surface area (Å²) in [6.07, 6.45) is 1.64. The maximum atomic E-state index is 11.5. The Morgan fingerprint density at radius 2 is 2.11 bits per heavy atom. The summed E-state index contributed by atoms with van der Waals surface area (Å²) in [5.74, 6) is -1.16. The third kappa shape index (κ3) is 4.35. The molecule has 1 amide bonds. The lowest BCUT2D eigenvalue weighted by Crippen LogP contribution is -2.31. The van der Waals surface area contributed by atoms with Gasteiger partial charge in [-0.05, 0) is 20.3 Å². The summed E-state index contributed by atoms with van der Waals surface area (Å²) in [4.78, 5) is 22.5. The molecule has 0 spiro atoms. The molecule has 2 N–H and O–H groups in total. The van der Waals surface area contributed by atoms with Crippen LogP contribution in [0.3, 0.4) is 0 Å². The van der Waals surface area contributed by atoms with E-state index in [1.807, 2.05) is 20.8 Å². The summed E-state index contributed by atoms with van der Waals surface area (Å²) >= 11 is 0. The lowest BCUT2D eigenvalue weighted by Gasteiger charge is -2.09. The second-order valence-corrected chi connectivity index (χ2v) is 4.64. The zero-order valence-electron chi connectivity index (χ0n) is 11.5. The van der Waals surface area contributed by atoms with Crippen molar-refractivity contribution in [2.24, 2.45) is 0 Å². The molecule has 0 unspecified atom stereocenters. The van der Waals surface area contributed by atoms with Crippen LogP contribution in [0.1, 0.15) is 49.8 Å². The smallest absolute Gasteiger partial charge is 0.358 e. The highest BCUT2D eigenvalue weighted by molar-refractivity contribution is 5.86. The van der Waals surface area contributed by atoms with Crippen molar-refractivity contribution in [2.75, 3.05) is 0 Å². The second-order valence-electron chi connectivity index (χ2n) is 4.64. The largest absolute Gasteiger partial charge is 0.476 e. The molecule has 7 heteroatoms. The van der Waals surface area contributed by atoms with Crippen LogP contribution in [0.2, 0.25) is 0 Å². The predicted molar refractivity (Wildman–Crippen MR) is 68.9 cm³/mol. The van der Waals surface area contributed by atoms with Gasteiger partial charge in [-0.25, -0.2) is 9.48 Å². The number of carboxylic acids is 1. The summed E-state index contributed by atoms with van der Waals surface area (Å²) in [7, 11) is 0. The van der Waals surface area contributed by atoms with Crippen LogP contribution in [-0.4, -0.2) is 38.0 Å². The monoisotopic (exact) mass is 268 g/mol. The van der Waals surface area contributed by atoms with Crippen LogP contribution in [0.15, 0.2) is 0 Å². The minimum Gasteiger partial charge on any atom is -0.476 e. The van der Waals surface area contributed by atoms with Crippen LogP contribution >= 0.6 is 0 Å². The van der Waals surface area contributed by atoms with Crippen molar-refractivity contribution >= 4 is 11.9 Å². The van der Waals surface area contributed by atoms with Crippen LogP contribution in [0, 0.1) is 0 Å². The lowest BCUT2D eigenvalue weighted by atomic mass is 10.2. The number of nitrogens with zero attached hydrogens (tertiary/aromatic N) is 3. The fourth-order valence-corrected chi connectivity index (χ4v) is 1.76. The number of carboxylic acid groups (broad SMARTS) is 1. The van der Waals surface area contributed by atoms with E-state index in [2.05, 4.69) is 15.6 Å². The molecule has 1 aromatic heterocycles. The van der Waals surface area contributed by atoms with E-state index in [4.69, 9.17) is 5.11 Å². The van der Waals surface area contributed by atoms with Gasteiger partial charge in [-0.3, -0.25) is 4.79 Å². The molecule has 0 aliphatic rings. The first-order valence-corrected chi connectivity index (χ1v) is 6.40. The summed E-state index contributed by atoms with van der Waals surface area (Å²) in [5.41, 5.74) is 0.554. The molecule has 1 aromatic rings. The minimum atomic E-state index is -1.08. The van der Waals surface area contributed by atoms with Gasteiger partial charge in [-0.15, -0.1) is 5.10 Å². The predicted octanol–water partition coefficient (Wildman–Crippen LogP) is 0.843. The van der Waals surface area contributed by atoms with Gasteiger partial charge in [-0.2, -0.15) is 0 Å². The van der Waals surface area contributed by atoms with E-state index in [1.54, 1.807) is 0 Å². The van der Waals surface area contributed by atoms with E-state index in [0.717, 1.165) is 6.42 Å². The Kier molecular flexibility index (Phi) is 5.47. The number of hydrogen-bond donors (Lipinski definition) is 2. The van der Waals surface area contributed by atoms with Crippen molar-refractivity contribution in [1.29, 1.82) is 0 Å². The van der Waals surface area contributed by atoms with Gasteiger partial charge in [0.15, 0.2) is 5.69 Å². The first-order valence-electron chi connectivity index (χ1n) is 6.40. The third-order valence-corrected chi connectivity index (χ3v) is 2.53. The first kappa shape index (κ1) is 15.1. The molecule has 0 atom stereocenters. The lowest BCUT2D eigenvalue weighted by molar-refractivity contribution is -0.121. The third-order valence-electron chi connectivity index (χ3n) is 2.53. The average Bonchev–Trinajstić information content (AvgIpc) is 2.69. The van der Waals surface area contributed by atoms with Crippen LogP contribution < -0.4 is 5.32 Å². The van der Waals surface area contributed by atoms with Gasteiger partial charge in [0.25, 0.3) is 0 Å². The van der Waals surface area contributed by atoms with E-state index >= 15 is 0 Å². The maximum absolute atomic E-state index is 11.5. The number of carbonyl (C=O) groups excluding carboxylic acids is 1. The maximum Gasteiger partial charge on any atom is 0.358 e. The Morgan fingerprint density at radius 1 is 1.42 bits per heavy atom. The van der Waals surface area contributed by atoms with Crippen molar-refractivity contribution in [3.8, 4) is 0 Å². The molecule has 0 aliphatic heterocycles. The van der Waals surface area contributed by atoms with Gasteiger partial charge < -0.3 is 10.4 Å². The molecular weight excluding hydrogens is 248 g/mol. The Hall–Kier alpha value is -1.92. The molecule has 0 aliphatic carbocycles. The number of aryl methyl sites for hydroxylation is 1. The number of carbonyl (C=O) groups is 2. The highest BCUT2D eigenvalue weighted by Gasteiger charge is 2.18. The van der Waals surface area contributed by atoms with E-state index in [9.17, 15) is 9.59 Å². The van der Waals surface area contributed by atoms with Crippen LogP contribution in [0.4, 0.5) is 0 Å². The zero-order valence-corrected chi connectivity index (χ0v) is 11.5. The number of rotatable bonds is 7. The van der Waals surface area contributed by atoms with Gasteiger partial charge in [0.2, 0.25) is 5.91 Å². The van der Waals surface area contributed by atoms with Gasteiger partial charge in [0.1, 0.15) is 0 Å². The second kappa shape index (κ2) is 6.86. The highest BCUT2D eigenvalue weighted by Crippen LogP contribution is 2.09. The normalized spacial score (nSPS) is 10.7. The average molecular weight is 268 g/mol. The van der Waals surface area contributed by atoms with Crippen molar-refractivity contribution in [3.63, 3.8) is 0 Å². The molecule has 106 valence electrons. The Balaban J connectivity index is 2.72. The van der Waals surface area contributed by atoms with Gasteiger partial charge >= 0.3 is 5.97 Å². The fourth-order valence-electron chi connectivity index (χ4n) is 1.76. The summed E-state index contributed by atoms with van der Waals surface area (Å²) in [5, 5.41) is 19.3. The molecule has 7 nitrogen and oxygen atoms in total. The number of aromatic nitrogens is 3. The highest BCUT2D eigenvalue weighted by atomic mass is 16.4. The van der Waals surface area contributed by atoms with Crippen molar-refractivity contribution in [3.05, 3.63) is 11.4 Å². The van der Waals surface area contributed by atoms with Crippen molar-refractivity contribution in [2.45, 2.75) is 52.6 Å². The van der Waals surface area contributed by atoms with E-state index in [-0.39, 0.29) is 24.1 Å². The molecule has 1 heterocycles. The number of amides is 1. The Labute approximate surface area is 112 Å². The van der Waals surface area contributed by atoms with Gasteiger partial charge in [-0.1, -0.05) is 18.6 Å². The molecule has 0 fully saturated rings. The number of aromatic carboxylic acids is 1. The molecule has 1 rings (SSSR count). The molecule has 0 radical (unpaired) electrons. The molecule has 0 bridgehead atoms. The standard InChI is InChI=1S/C12H20N4O3/c1-4-5-9-11(12(18)19)14-15-16(9)7-6-10(17)13-8(2)3/h8H,4-7H2,1-3H3,(H,13,17)(H,18,19). The summed E-state index contributed by atoms with van der Waals surface area (Å²) < 4.78 is 1.51. The number of nitrogens with one attached hydrogen (secondary N) is 1. The molecule has 19 heavy (non-hydrogen) atoms. The molecule has 0 saturated heterocycles. The Morgan fingerprint density at radius 3 is 2.63 bits per heavy atom. The van der Waals surface area contributed by atoms with Crippen LogP contribution in [0.25, 0.3) is 0 Å². The van der Waals surface area contributed by atoms with E-state index < -0.39 is 5.97 Å². The van der Waals surface area contributed by atoms with Crippen molar-refractivity contribution in [1.82, 2.24) is 20.3 Å². The summed E-state index contributed by atoms with van der Waals surface area (Å²) in [6.45, 7) is 6.07. The van der Waals surface area contributed by atoms with Gasteiger partial charge in [0.05, 0.1) is 12.2 Å². The van der Waals surface area contributed by atoms with Crippen LogP contribution in [0.5, 0.6) is 0 Å². The minimum absolute atomic E-state index is 0.0221. The quantitative estimate of drug-likeness (QED) is 0.764. The SMILES string of the molecule is CCCc1c(C(=O)O)nnn1CCC(=O)NC(C)C. The van der Waals surface area contributed by atoms with Gasteiger partial charge in [0, 0.05) is 12.5 Å². The molecule has 0 aromatic carbocycles. The summed E-state index contributed by atoms with van der Waals surface area (Å²) in [6, 6.07) is 0.0907. The Bertz CT molecular complexity index is 454. The van der Waals surface area contributed by atoms with E-state index in [1.165, 1.54) is 4.68 Å². The number of hydrogen-bond acceptors (Lipinski definition) is 4.